The molecule has 0 amide bonds. The highest BCUT2D eigenvalue weighted by Gasteiger charge is 2.33. The lowest BCUT2D eigenvalue weighted by atomic mass is 10.1. The summed E-state index contributed by atoms with van der Waals surface area (Å²) >= 11 is 2.92. The largest absolute Gasteiger partial charge is 0.417 e. The van der Waals surface area contributed by atoms with Crippen LogP contribution in [0.25, 0.3) is 0 Å². The van der Waals surface area contributed by atoms with Gasteiger partial charge in [0.05, 0.1) is 5.56 Å². The molecule has 0 saturated carbocycles. The minimum Gasteiger partial charge on any atom is -0.382 e. The van der Waals surface area contributed by atoms with Crippen molar-refractivity contribution in [1.29, 1.82) is 0 Å². The monoisotopic (exact) mass is 309 g/mol. The third-order valence-corrected chi connectivity index (χ3v) is 3.32. The van der Waals surface area contributed by atoms with Crippen LogP contribution in [0.5, 0.6) is 0 Å². The fraction of sp³-hybridized carbons (Fsp3) is 0.500. The summed E-state index contributed by atoms with van der Waals surface area (Å²) in [7, 11) is 0. The molecule has 1 N–H and O–H groups in total. The summed E-state index contributed by atoms with van der Waals surface area (Å²) in [6.45, 7) is 4.01. The summed E-state index contributed by atoms with van der Waals surface area (Å²) < 4.78 is 38.1. The van der Waals surface area contributed by atoms with Gasteiger partial charge in [-0.15, -0.1) is 0 Å². The Hall–Kier alpha value is -0.710. The molecule has 5 heteroatoms. The Bertz CT molecular complexity index is 373. The van der Waals surface area contributed by atoms with Gasteiger partial charge in [-0.1, -0.05) is 29.8 Å². The van der Waals surface area contributed by atoms with E-state index in [0.29, 0.717) is 5.69 Å². The van der Waals surface area contributed by atoms with E-state index in [1.807, 2.05) is 13.8 Å². The second-order valence-electron chi connectivity index (χ2n) is 3.85. The maximum Gasteiger partial charge on any atom is 0.417 e. The summed E-state index contributed by atoms with van der Waals surface area (Å²) in [6, 6.07) is 4.42. The molecule has 0 aliphatic heterocycles. The van der Waals surface area contributed by atoms with Crippen LogP contribution in [0.3, 0.4) is 0 Å². The van der Waals surface area contributed by atoms with Gasteiger partial charge in [0.2, 0.25) is 0 Å². The molecule has 0 radical (unpaired) electrons. The molecule has 0 aliphatic carbocycles. The van der Waals surface area contributed by atoms with Crippen molar-refractivity contribution < 1.29 is 13.2 Å². The minimum atomic E-state index is -4.33. The van der Waals surface area contributed by atoms with Gasteiger partial charge in [0.1, 0.15) is 0 Å². The molecule has 0 bridgehead atoms. The zero-order valence-electron chi connectivity index (χ0n) is 9.74. The molecule has 1 rings (SSSR count). The molecule has 0 saturated heterocycles. The average Bonchev–Trinajstić information content (AvgIpc) is 2.26. The molecular formula is C12H15BrF3N. The maximum atomic E-state index is 12.7. The molecule has 0 aromatic heterocycles. The number of rotatable bonds is 4. The molecule has 17 heavy (non-hydrogen) atoms. The van der Waals surface area contributed by atoms with Crippen LogP contribution in [0.4, 0.5) is 18.9 Å². The topological polar surface area (TPSA) is 12.0 Å². The zero-order valence-corrected chi connectivity index (χ0v) is 11.3. The Labute approximate surface area is 108 Å². The molecule has 1 aromatic rings. The first-order chi connectivity index (χ1) is 7.88. The zero-order chi connectivity index (χ0) is 13.1. The number of benzene rings is 1. The van der Waals surface area contributed by atoms with E-state index in [4.69, 9.17) is 0 Å². The Kier molecular flexibility index (Phi) is 4.86. The molecule has 96 valence electrons. The van der Waals surface area contributed by atoms with Crippen LogP contribution in [0.15, 0.2) is 22.7 Å². The van der Waals surface area contributed by atoms with Gasteiger partial charge in [-0.25, -0.2) is 0 Å². The summed E-state index contributed by atoms with van der Waals surface area (Å²) in [5.74, 6) is 0. The number of hydrogen-bond acceptors (Lipinski definition) is 1. The van der Waals surface area contributed by atoms with E-state index in [0.717, 1.165) is 18.9 Å². The van der Waals surface area contributed by atoms with E-state index in [-0.39, 0.29) is 10.5 Å². The van der Waals surface area contributed by atoms with Crippen LogP contribution in [-0.2, 0) is 6.18 Å². The molecular weight excluding hydrogens is 295 g/mol. The Morgan fingerprint density at radius 1 is 1.24 bits per heavy atom. The van der Waals surface area contributed by atoms with Gasteiger partial charge in [-0.05, 0) is 31.0 Å². The number of nitrogens with one attached hydrogen (secondary N) is 1. The van der Waals surface area contributed by atoms with Crippen molar-refractivity contribution in [2.45, 2.75) is 38.9 Å². The average molecular weight is 310 g/mol. The highest BCUT2D eigenvalue weighted by Crippen LogP contribution is 2.36. The van der Waals surface area contributed by atoms with Gasteiger partial charge >= 0.3 is 6.18 Å². The molecule has 1 aromatic carbocycles. The number of alkyl halides is 3. The first-order valence-corrected chi connectivity index (χ1v) is 6.31. The third kappa shape index (κ3) is 3.91. The summed E-state index contributed by atoms with van der Waals surface area (Å²) in [5, 5.41) is 3.10. The van der Waals surface area contributed by atoms with E-state index in [1.165, 1.54) is 6.07 Å². The van der Waals surface area contributed by atoms with Crippen LogP contribution >= 0.6 is 15.9 Å². The predicted molar refractivity (Wildman–Crippen MR) is 67.1 cm³/mol. The maximum absolute atomic E-state index is 12.7. The van der Waals surface area contributed by atoms with Crippen LogP contribution in [0.1, 0.15) is 32.3 Å². The summed E-state index contributed by atoms with van der Waals surface area (Å²) in [4.78, 5) is 0. The van der Waals surface area contributed by atoms with Crippen molar-refractivity contribution in [3.63, 3.8) is 0 Å². The molecule has 0 unspecified atom stereocenters. The van der Waals surface area contributed by atoms with E-state index in [2.05, 4.69) is 21.2 Å². The van der Waals surface area contributed by atoms with Gasteiger partial charge in [0.15, 0.2) is 0 Å². The van der Waals surface area contributed by atoms with Crippen molar-refractivity contribution in [3.05, 3.63) is 28.2 Å². The molecule has 0 spiro atoms. The number of halogens is 4. The van der Waals surface area contributed by atoms with Gasteiger partial charge < -0.3 is 5.32 Å². The van der Waals surface area contributed by atoms with Crippen molar-refractivity contribution >= 4 is 21.6 Å². The molecule has 1 nitrogen and oxygen atoms in total. The Morgan fingerprint density at radius 3 is 2.29 bits per heavy atom. The lowest BCUT2D eigenvalue weighted by Crippen LogP contribution is -2.17. The Morgan fingerprint density at radius 2 is 1.82 bits per heavy atom. The Balaban J connectivity index is 2.97. The quantitative estimate of drug-likeness (QED) is 0.819. The van der Waals surface area contributed by atoms with Crippen LogP contribution < -0.4 is 5.32 Å². The second kappa shape index (κ2) is 5.76. The SMILES string of the molecule is CCC(CC)Nc1ccc(Br)c(C(F)(F)F)c1. The van der Waals surface area contributed by atoms with Crippen molar-refractivity contribution in [2.75, 3.05) is 5.32 Å². The fourth-order valence-corrected chi connectivity index (χ4v) is 2.03. The van der Waals surface area contributed by atoms with Gasteiger partial charge in [-0.3, -0.25) is 0 Å². The molecule has 0 heterocycles. The standard InChI is InChI=1S/C12H15BrF3N/c1-3-8(4-2)17-9-5-6-11(13)10(7-9)12(14,15)16/h5-8,17H,3-4H2,1-2H3. The van der Waals surface area contributed by atoms with E-state index in [1.54, 1.807) is 6.07 Å². The van der Waals surface area contributed by atoms with E-state index in [9.17, 15) is 13.2 Å². The third-order valence-electron chi connectivity index (χ3n) is 2.63. The summed E-state index contributed by atoms with van der Waals surface area (Å²) in [6.07, 6.45) is -2.56. The van der Waals surface area contributed by atoms with Crippen molar-refractivity contribution in [3.8, 4) is 0 Å². The van der Waals surface area contributed by atoms with Gasteiger partial charge in [0.25, 0.3) is 0 Å². The second-order valence-corrected chi connectivity index (χ2v) is 4.70. The predicted octanol–water partition coefficient (Wildman–Crippen LogP) is 5.07. The van der Waals surface area contributed by atoms with Crippen molar-refractivity contribution in [2.24, 2.45) is 0 Å². The minimum absolute atomic E-state index is 0.0695. The van der Waals surface area contributed by atoms with Gasteiger partial charge in [0, 0.05) is 16.2 Å². The van der Waals surface area contributed by atoms with Crippen LogP contribution in [0, 0.1) is 0 Å². The van der Waals surface area contributed by atoms with E-state index < -0.39 is 11.7 Å². The number of anilines is 1. The first kappa shape index (κ1) is 14.4. The number of hydrogen-bond donors (Lipinski definition) is 1. The normalized spacial score (nSPS) is 11.9. The van der Waals surface area contributed by atoms with Gasteiger partial charge in [-0.2, -0.15) is 13.2 Å². The van der Waals surface area contributed by atoms with Crippen LogP contribution in [0.2, 0.25) is 0 Å². The summed E-state index contributed by atoms with van der Waals surface area (Å²) in [5.41, 5.74) is -0.136. The molecule has 0 atom stereocenters. The fourth-order valence-electron chi connectivity index (χ4n) is 1.56. The van der Waals surface area contributed by atoms with Crippen LogP contribution in [-0.4, -0.2) is 6.04 Å². The van der Waals surface area contributed by atoms with Crippen molar-refractivity contribution in [1.82, 2.24) is 0 Å². The highest BCUT2D eigenvalue weighted by atomic mass is 79.9. The highest BCUT2D eigenvalue weighted by molar-refractivity contribution is 9.10. The lowest BCUT2D eigenvalue weighted by Gasteiger charge is -2.18. The van der Waals surface area contributed by atoms with E-state index >= 15 is 0 Å². The smallest absolute Gasteiger partial charge is 0.382 e. The molecule has 0 fully saturated rings. The lowest BCUT2D eigenvalue weighted by molar-refractivity contribution is -0.138. The molecule has 0 aliphatic rings. The first-order valence-electron chi connectivity index (χ1n) is 5.51.